The Morgan fingerprint density at radius 3 is 2.87 bits per heavy atom. The highest BCUT2D eigenvalue weighted by Crippen LogP contribution is 2.24. The molecule has 0 bridgehead atoms. The van der Waals surface area contributed by atoms with Gasteiger partial charge in [0.15, 0.2) is 6.10 Å². The van der Waals surface area contributed by atoms with E-state index in [4.69, 9.17) is 32.8 Å². The molecule has 0 spiro atoms. The molecule has 1 atom stereocenters. The number of hydrogen-bond donors (Lipinski definition) is 0. The summed E-state index contributed by atoms with van der Waals surface area (Å²) in [6, 6.07) is 7.29. The van der Waals surface area contributed by atoms with Crippen LogP contribution in [0.5, 0.6) is 5.75 Å². The molecule has 1 aliphatic heterocycles. The monoisotopic (exact) mass is 245 g/mol. The third-order valence-electron chi connectivity index (χ3n) is 1.96. The largest absolute Gasteiger partial charge is 0.488 e. The molecule has 0 saturated heterocycles. The van der Waals surface area contributed by atoms with Gasteiger partial charge in [-0.15, -0.1) is 0 Å². The van der Waals surface area contributed by atoms with Crippen LogP contribution in [0.3, 0.4) is 0 Å². The summed E-state index contributed by atoms with van der Waals surface area (Å²) in [4.78, 5) is 5.01. The zero-order chi connectivity index (χ0) is 10.7. The minimum atomic E-state index is -0.117. The van der Waals surface area contributed by atoms with E-state index >= 15 is 0 Å². The Morgan fingerprint density at radius 2 is 2.20 bits per heavy atom. The molecule has 15 heavy (non-hydrogen) atoms. The van der Waals surface area contributed by atoms with Crippen molar-refractivity contribution in [1.29, 1.82) is 0 Å². The summed E-state index contributed by atoms with van der Waals surface area (Å²) in [7, 11) is 0. The van der Waals surface area contributed by atoms with E-state index in [9.17, 15) is 0 Å². The molecule has 5 heteroatoms. The predicted molar refractivity (Wildman–Crippen MR) is 59.7 cm³/mol. The molecule has 0 fully saturated rings. The van der Waals surface area contributed by atoms with Gasteiger partial charge in [-0.1, -0.05) is 40.5 Å². The molecule has 0 radical (unpaired) electrons. The van der Waals surface area contributed by atoms with Crippen molar-refractivity contribution in [1.82, 2.24) is 0 Å². The number of rotatable bonds is 3. The van der Waals surface area contributed by atoms with E-state index in [1.54, 1.807) is 12.1 Å². The molecule has 1 aromatic rings. The van der Waals surface area contributed by atoms with Crippen LogP contribution in [0.25, 0.3) is 0 Å². The second-order valence-corrected chi connectivity index (χ2v) is 3.98. The normalized spacial score (nSPS) is 19.6. The van der Waals surface area contributed by atoms with E-state index in [2.05, 4.69) is 5.16 Å². The average Bonchev–Trinajstić information content (AvgIpc) is 2.63. The van der Waals surface area contributed by atoms with Crippen LogP contribution in [0.4, 0.5) is 0 Å². The quantitative estimate of drug-likeness (QED) is 0.820. The number of benzene rings is 1. The standard InChI is InChI=1S/C10H9Cl2NO2/c11-8-3-1-2-4-9(8)14-6-7-5-10(12)13-15-7/h1-4,7H,5-6H2. The highest BCUT2D eigenvalue weighted by Gasteiger charge is 2.20. The molecule has 3 nitrogen and oxygen atoms in total. The number of nitrogens with zero attached hydrogens (tertiary/aromatic N) is 1. The Kier molecular flexibility index (Phi) is 3.34. The lowest BCUT2D eigenvalue weighted by Gasteiger charge is -2.10. The molecular weight excluding hydrogens is 237 g/mol. The van der Waals surface area contributed by atoms with E-state index in [0.29, 0.717) is 29.0 Å². The fourth-order valence-electron chi connectivity index (χ4n) is 1.23. The summed E-state index contributed by atoms with van der Waals surface area (Å²) in [5.74, 6) is 0.644. The van der Waals surface area contributed by atoms with Gasteiger partial charge in [0, 0.05) is 6.42 Å². The van der Waals surface area contributed by atoms with E-state index in [0.717, 1.165) is 0 Å². The zero-order valence-electron chi connectivity index (χ0n) is 7.82. The summed E-state index contributed by atoms with van der Waals surface area (Å²) < 4.78 is 5.48. The Balaban J connectivity index is 1.86. The molecule has 2 rings (SSSR count). The lowest BCUT2D eigenvalue weighted by Crippen LogP contribution is -2.17. The summed E-state index contributed by atoms with van der Waals surface area (Å²) >= 11 is 11.6. The molecule has 1 unspecified atom stereocenters. The van der Waals surface area contributed by atoms with Crippen LogP contribution in [0.1, 0.15) is 6.42 Å². The molecule has 0 aromatic heterocycles. The molecule has 0 aliphatic carbocycles. The number of ether oxygens (including phenoxy) is 1. The minimum Gasteiger partial charge on any atom is -0.488 e. The van der Waals surface area contributed by atoms with Gasteiger partial charge in [0.1, 0.15) is 17.5 Å². The Bertz CT molecular complexity index is 381. The number of oxime groups is 1. The van der Waals surface area contributed by atoms with Crippen molar-refractivity contribution in [3.05, 3.63) is 29.3 Å². The first-order valence-electron chi connectivity index (χ1n) is 4.51. The minimum absolute atomic E-state index is 0.117. The van der Waals surface area contributed by atoms with Crippen molar-refractivity contribution in [3.8, 4) is 5.75 Å². The van der Waals surface area contributed by atoms with E-state index < -0.39 is 0 Å². The van der Waals surface area contributed by atoms with Crippen molar-refractivity contribution < 1.29 is 9.57 Å². The zero-order valence-corrected chi connectivity index (χ0v) is 9.33. The van der Waals surface area contributed by atoms with E-state index in [1.165, 1.54) is 0 Å². The predicted octanol–water partition coefficient (Wildman–Crippen LogP) is 3.06. The molecule has 1 aliphatic rings. The number of halogens is 2. The molecule has 80 valence electrons. The van der Waals surface area contributed by atoms with Crippen LogP contribution in [0.15, 0.2) is 29.4 Å². The molecule has 0 N–H and O–H groups in total. The van der Waals surface area contributed by atoms with Gasteiger partial charge in [0.2, 0.25) is 0 Å². The van der Waals surface area contributed by atoms with Gasteiger partial charge in [-0.05, 0) is 12.1 Å². The lowest BCUT2D eigenvalue weighted by molar-refractivity contribution is 0.0471. The highest BCUT2D eigenvalue weighted by molar-refractivity contribution is 6.65. The first-order valence-corrected chi connectivity index (χ1v) is 5.27. The van der Waals surface area contributed by atoms with Gasteiger partial charge < -0.3 is 9.57 Å². The Morgan fingerprint density at radius 1 is 1.40 bits per heavy atom. The topological polar surface area (TPSA) is 30.8 Å². The third kappa shape index (κ3) is 2.76. The molecular formula is C10H9Cl2NO2. The van der Waals surface area contributed by atoms with Gasteiger partial charge in [-0.25, -0.2) is 0 Å². The van der Waals surface area contributed by atoms with E-state index in [-0.39, 0.29) is 6.10 Å². The van der Waals surface area contributed by atoms with Gasteiger partial charge >= 0.3 is 0 Å². The van der Waals surface area contributed by atoms with E-state index in [1.807, 2.05) is 12.1 Å². The molecule has 1 heterocycles. The van der Waals surface area contributed by atoms with Gasteiger partial charge in [-0.2, -0.15) is 0 Å². The molecule has 0 saturated carbocycles. The highest BCUT2D eigenvalue weighted by atomic mass is 35.5. The smallest absolute Gasteiger partial charge is 0.167 e. The van der Waals surface area contributed by atoms with Crippen molar-refractivity contribution in [2.75, 3.05) is 6.61 Å². The fourth-order valence-corrected chi connectivity index (χ4v) is 1.63. The Labute approximate surface area is 97.6 Å². The van der Waals surface area contributed by atoms with Crippen LogP contribution in [0, 0.1) is 0 Å². The average molecular weight is 246 g/mol. The van der Waals surface area contributed by atoms with Gasteiger partial charge in [0.25, 0.3) is 0 Å². The maximum atomic E-state index is 5.92. The number of para-hydroxylation sites is 1. The maximum absolute atomic E-state index is 5.92. The van der Waals surface area contributed by atoms with Crippen LogP contribution >= 0.6 is 23.2 Å². The SMILES string of the molecule is ClC1=NOC(COc2ccccc2Cl)C1. The third-order valence-corrected chi connectivity index (χ3v) is 2.49. The summed E-state index contributed by atoms with van der Waals surface area (Å²) in [5.41, 5.74) is 0. The molecule has 0 amide bonds. The second-order valence-electron chi connectivity index (χ2n) is 3.14. The lowest BCUT2D eigenvalue weighted by atomic mass is 10.3. The first-order chi connectivity index (χ1) is 7.25. The van der Waals surface area contributed by atoms with Crippen LogP contribution in [-0.4, -0.2) is 17.9 Å². The first kappa shape index (κ1) is 10.6. The maximum Gasteiger partial charge on any atom is 0.167 e. The van der Waals surface area contributed by atoms with Crippen LogP contribution < -0.4 is 4.74 Å². The van der Waals surface area contributed by atoms with Crippen LogP contribution in [0.2, 0.25) is 5.02 Å². The van der Waals surface area contributed by atoms with Gasteiger partial charge in [-0.3, -0.25) is 0 Å². The Hall–Kier alpha value is -0.930. The van der Waals surface area contributed by atoms with Crippen LogP contribution in [-0.2, 0) is 4.84 Å². The summed E-state index contributed by atoms with van der Waals surface area (Å²) in [6.45, 7) is 0.392. The van der Waals surface area contributed by atoms with Crippen molar-refractivity contribution in [2.24, 2.45) is 5.16 Å². The van der Waals surface area contributed by atoms with Crippen molar-refractivity contribution in [2.45, 2.75) is 12.5 Å². The van der Waals surface area contributed by atoms with Crippen molar-refractivity contribution in [3.63, 3.8) is 0 Å². The summed E-state index contributed by atoms with van der Waals surface area (Å²) in [6.07, 6.45) is 0.472. The summed E-state index contributed by atoms with van der Waals surface area (Å²) in [5, 5.41) is 4.68. The van der Waals surface area contributed by atoms with Gasteiger partial charge in [0.05, 0.1) is 5.02 Å². The molecule has 1 aromatic carbocycles. The number of hydrogen-bond acceptors (Lipinski definition) is 3. The fraction of sp³-hybridized carbons (Fsp3) is 0.300. The second kappa shape index (κ2) is 4.73. The van der Waals surface area contributed by atoms with Crippen molar-refractivity contribution >= 4 is 28.4 Å².